The number of methoxy groups -OCH3 is 1. The van der Waals surface area contributed by atoms with E-state index in [0.717, 1.165) is 5.56 Å². The van der Waals surface area contributed by atoms with Crippen LogP contribution in [0.5, 0.6) is 5.75 Å². The molecule has 17 heavy (non-hydrogen) atoms. The van der Waals surface area contributed by atoms with E-state index in [2.05, 4.69) is 4.74 Å². The van der Waals surface area contributed by atoms with Gasteiger partial charge in [-0.05, 0) is 30.0 Å². The van der Waals surface area contributed by atoms with Gasteiger partial charge in [-0.15, -0.1) is 0 Å². The SMILES string of the molecule is COC(=O)c1cc(C2CC2C(=O)O)ccc1O. The van der Waals surface area contributed by atoms with E-state index in [1.807, 2.05) is 0 Å². The highest BCUT2D eigenvalue weighted by Gasteiger charge is 2.44. The number of phenolic OH excluding ortho intramolecular Hbond substituents is 1. The molecule has 2 unspecified atom stereocenters. The highest BCUT2D eigenvalue weighted by atomic mass is 16.5. The standard InChI is InChI=1S/C12H12O5/c1-17-12(16)9-4-6(2-3-10(9)13)7-5-8(7)11(14)15/h2-4,7-8,13H,5H2,1H3,(H,14,15). The minimum absolute atomic E-state index is 0.0704. The Bertz CT molecular complexity index is 480. The van der Waals surface area contributed by atoms with Crippen molar-refractivity contribution in [3.8, 4) is 5.75 Å². The van der Waals surface area contributed by atoms with Gasteiger partial charge in [0.25, 0.3) is 0 Å². The van der Waals surface area contributed by atoms with Crippen LogP contribution < -0.4 is 0 Å². The molecule has 2 N–H and O–H groups in total. The zero-order valence-electron chi connectivity index (χ0n) is 9.21. The number of carboxylic acids is 1. The molecule has 0 radical (unpaired) electrons. The normalized spacial score (nSPS) is 21.9. The minimum atomic E-state index is -0.831. The zero-order chi connectivity index (χ0) is 12.6. The van der Waals surface area contributed by atoms with Crippen molar-refractivity contribution in [1.29, 1.82) is 0 Å². The quantitative estimate of drug-likeness (QED) is 0.774. The van der Waals surface area contributed by atoms with Gasteiger partial charge in [-0.3, -0.25) is 4.79 Å². The predicted molar refractivity (Wildman–Crippen MR) is 57.9 cm³/mol. The molecule has 0 aliphatic heterocycles. The molecule has 1 aromatic rings. The van der Waals surface area contributed by atoms with Crippen molar-refractivity contribution in [2.24, 2.45) is 5.92 Å². The van der Waals surface area contributed by atoms with E-state index in [1.54, 1.807) is 6.07 Å². The van der Waals surface area contributed by atoms with Gasteiger partial charge in [0, 0.05) is 0 Å². The van der Waals surface area contributed by atoms with Gasteiger partial charge in [0.1, 0.15) is 11.3 Å². The van der Waals surface area contributed by atoms with Crippen molar-refractivity contribution in [2.45, 2.75) is 12.3 Å². The number of carboxylic acid groups (broad SMARTS) is 1. The lowest BCUT2D eigenvalue weighted by Gasteiger charge is -2.05. The Hall–Kier alpha value is -2.04. The Kier molecular flexibility index (Phi) is 2.75. The predicted octanol–water partition coefficient (Wildman–Crippen LogP) is 1.37. The molecule has 0 amide bonds. The van der Waals surface area contributed by atoms with Crippen LogP contribution in [0.3, 0.4) is 0 Å². The fourth-order valence-corrected chi connectivity index (χ4v) is 1.89. The van der Waals surface area contributed by atoms with Crippen LogP contribution in [-0.2, 0) is 9.53 Å². The van der Waals surface area contributed by atoms with Crippen molar-refractivity contribution >= 4 is 11.9 Å². The summed E-state index contributed by atoms with van der Waals surface area (Å²) in [5.41, 5.74) is 0.816. The Balaban J connectivity index is 2.27. The molecule has 0 saturated heterocycles. The molecule has 1 aliphatic rings. The van der Waals surface area contributed by atoms with Crippen molar-refractivity contribution < 1.29 is 24.5 Å². The average Bonchev–Trinajstić information content (AvgIpc) is 3.09. The summed E-state index contributed by atoms with van der Waals surface area (Å²) in [6.45, 7) is 0. The van der Waals surface area contributed by atoms with E-state index < -0.39 is 11.9 Å². The van der Waals surface area contributed by atoms with Gasteiger partial charge in [-0.2, -0.15) is 0 Å². The van der Waals surface area contributed by atoms with Crippen LogP contribution in [0.1, 0.15) is 28.3 Å². The van der Waals surface area contributed by atoms with Crippen LogP contribution >= 0.6 is 0 Å². The van der Waals surface area contributed by atoms with Gasteiger partial charge in [-0.25, -0.2) is 4.79 Å². The fraction of sp³-hybridized carbons (Fsp3) is 0.333. The Morgan fingerprint density at radius 1 is 1.41 bits per heavy atom. The van der Waals surface area contributed by atoms with Crippen molar-refractivity contribution in [3.05, 3.63) is 29.3 Å². The summed E-state index contributed by atoms with van der Waals surface area (Å²) >= 11 is 0. The van der Waals surface area contributed by atoms with Gasteiger partial charge < -0.3 is 14.9 Å². The van der Waals surface area contributed by atoms with Crippen molar-refractivity contribution in [1.82, 2.24) is 0 Å². The number of ether oxygens (including phenoxy) is 1. The molecule has 5 heteroatoms. The third kappa shape index (κ3) is 2.08. The number of aromatic hydroxyl groups is 1. The summed E-state index contributed by atoms with van der Waals surface area (Å²) in [7, 11) is 1.23. The highest BCUT2D eigenvalue weighted by molar-refractivity contribution is 5.92. The lowest BCUT2D eigenvalue weighted by atomic mass is 10.0. The maximum atomic E-state index is 11.3. The molecule has 2 rings (SSSR count). The van der Waals surface area contributed by atoms with E-state index in [-0.39, 0.29) is 23.1 Å². The van der Waals surface area contributed by atoms with Gasteiger partial charge in [-0.1, -0.05) is 6.07 Å². The summed E-state index contributed by atoms with van der Waals surface area (Å²) < 4.78 is 4.53. The van der Waals surface area contributed by atoms with Crippen LogP contribution in [0.15, 0.2) is 18.2 Å². The minimum Gasteiger partial charge on any atom is -0.507 e. The van der Waals surface area contributed by atoms with Crippen LogP contribution in [0, 0.1) is 5.92 Å². The van der Waals surface area contributed by atoms with Crippen LogP contribution in [0.4, 0.5) is 0 Å². The molecule has 0 heterocycles. The molecule has 0 bridgehead atoms. The van der Waals surface area contributed by atoms with Crippen LogP contribution in [-0.4, -0.2) is 29.3 Å². The molecule has 1 fully saturated rings. The summed E-state index contributed by atoms with van der Waals surface area (Å²) in [6.07, 6.45) is 0.570. The second-order valence-corrected chi connectivity index (χ2v) is 4.06. The first-order valence-electron chi connectivity index (χ1n) is 5.18. The lowest BCUT2D eigenvalue weighted by molar-refractivity contribution is -0.138. The van der Waals surface area contributed by atoms with E-state index in [1.165, 1.54) is 19.2 Å². The Labute approximate surface area is 97.6 Å². The molecular formula is C12H12O5. The van der Waals surface area contributed by atoms with Crippen LogP contribution in [0.2, 0.25) is 0 Å². The van der Waals surface area contributed by atoms with E-state index in [9.17, 15) is 14.7 Å². The van der Waals surface area contributed by atoms with Crippen molar-refractivity contribution in [2.75, 3.05) is 7.11 Å². The van der Waals surface area contributed by atoms with E-state index >= 15 is 0 Å². The number of rotatable bonds is 3. The largest absolute Gasteiger partial charge is 0.507 e. The number of benzene rings is 1. The summed E-state index contributed by atoms with van der Waals surface area (Å²) in [5, 5.41) is 18.3. The summed E-state index contributed by atoms with van der Waals surface area (Å²) in [4.78, 5) is 22.1. The number of phenols is 1. The smallest absolute Gasteiger partial charge is 0.341 e. The molecule has 0 spiro atoms. The second kappa shape index (κ2) is 4.08. The second-order valence-electron chi connectivity index (χ2n) is 4.06. The van der Waals surface area contributed by atoms with Gasteiger partial charge in [0.2, 0.25) is 0 Å². The molecule has 1 aliphatic carbocycles. The van der Waals surface area contributed by atoms with E-state index in [0.29, 0.717) is 6.42 Å². The zero-order valence-corrected chi connectivity index (χ0v) is 9.21. The lowest BCUT2D eigenvalue weighted by Crippen LogP contribution is -2.03. The number of hydrogen-bond donors (Lipinski definition) is 2. The number of carbonyl (C=O) groups excluding carboxylic acids is 1. The molecule has 1 aromatic carbocycles. The number of esters is 1. The molecule has 0 aromatic heterocycles. The van der Waals surface area contributed by atoms with Gasteiger partial charge in [0.15, 0.2) is 0 Å². The highest BCUT2D eigenvalue weighted by Crippen LogP contribution is 2.48. The summed E-state index contributed by atoms with van der Waals surface area (Å²) in [5.74, 6) is -2.07. The van der Waals surface area contributed by atoms with E-state index in [4.69, 9.17) is 5.11 Å². The van der Waals surface area contributed by atoms with Gasteiger partial charge >= 0.3 is 11.9 Å². The topological polar surface area (TPSA) is 83.8 Å². The monoisotopic (exact) mass is 236 g/mol. The maximum absolute atomic E-state index is 11.3. The molecule has 1 saturated carbocycles. The summed E-state index contributed by atoms with van der Waals surface area (Å²) in [6, 6.07) is 4.52. The third-order valence-electron chi connectivity index (χ3n) is 2.96. The first-order chi connectivity index (χ1) is 8.04. The average molecular weight is 236 g/mol. The fourth-order valence-electron chi connectivity index (χ4n) is 1.89. The molecule has 5 nitrogen and oxygen atoms in total. The van der Waals surface area contributed by atoms with Gasteiger partial charge in [0.05, 0.1) is 13.0 Å². The number of aliphatic carboxylic acids is 1. The Morgan fingerprint density at radius 2 is 2.12 bits per heavy atom. The molecule has 90 valence electrons. The Morgan fingerprint density at radius 3 is 2.65 bits per heavy atom. The maximum Gasteiger partial charge on any atom is 0.341 e. The molecular weight excluding hydrogens is 224 g/mol. The first kappa shape index (κ1) is 11.4. The number of carbonyl (C=O) groups is 2. The van der Waals surface area contributed by atoms with Crippen molar-refractivity contribution in [3.63, 3.8) is 0 Å². The van der Waals surface area contributed by atoms with Crippen LogP contribution in [0.25, 0.3) is 0 Å². The first-order valence-corrected chi connectivity index (χ1v) is 5.18. The molecule has 2 atom stereocenters. The third-order valence-corrected chi connectivity index (χ3v) is 2.96. The number of hydrogen-bond acceptors (Lipinski definition) is 4.